The fraction of sp³-hybridized carbons (Fsp3) is 0. The van der Waals surface area contributed by atoms with Gasteiger partial charge in [0.05, 0.1) is 5.56 Å². The van der Waals surface area contributed by atoms with Crippen molar-refractivity contribution in [3.63, 3.8) is 0 Å². The number of rotatable bonds is 3. The van der Waals surface area contributed by atoms with Crippen LogP contribution in [0, 0.1) is 0 Å². The number of hydrogen-bond donors (Lipinski definition) is 0. The van der Waals surface area contributed by atoms with Crippen molar-refractivity contribution in [1.29, 1.82) is 0 Å². The minimum Gasteiger partial charge on any atom is -0.455 e. The largest absolute Gasteiger partial charge is 0.455 e. The first-order chi connectivity index (χ1) is 23.8. The summed E-state index contributed by atoms with van der Waals surface area (Å²) in [7, 11) is 0. The summed E-state index contributed by atoms with van der Waals surface area (Å²) in [5.74, 6) is 3.32. The Morgan fingerprint density at radius 1 is 0.396 bits per heavy atom. The number of benzene rings is 8. The van der Waals surface area contributed by atoms with Crippen molar-refractivity contribution in [2.75, 3.05) is 0 Å². The van der Waals surface area contributed by atoms with Gasteiger partial charge in [0, 0.05) is 43.4 Å². The van der Waals surface area contributed by atoms with Crippen LogP contribution in [0.2, 0.25) is 0 Å². The van der Waals surface area contributed by atoms with Crippen LogP contribution < -0.4 is 4.74 Å². The Morgan fingerprint density at radius 2 is 1.06 bits per heavy atom. The quantitative estimate of drug-likeness (QED) is 0.186. The molecule has 0 fully saturated rings. The van der Waals surface area contributed by atoms with Crippen molar-refractivity contribution < 1.29 is 9.15 Å². The average molecular weight is 614 g/mol. The molecule has 0 amide bonds. The smallest absolute Gasteiger partial charge is 0.167 e. The van der Waals surface area contributed by atoms with Crippen LogP contribution in [0.15, 0.2) is 144 Å². The van der Waals surface area contributed by atoms with Crippen LogP contribution in [0.4, 0.5) is 0 Å². The molecule has 1 aliphatic rings. The number of ether oxygens (including phenoxy) is 1. The fourth-order valence-corrected chi connectivity index (χ4v) is 7.49. The number of fused-ring (bicyclic) bond motifs is 5. The van der Waals surface area contributed by atoms with Gasteiger partial charge in [0.1, 0.15) is 22.7 Å². The van der Waals surface area contributed by atoms with Crippen LogP contribution in [0.3, 0.4) is 0 Å². The van der Waals surface area contributed by atoms with Gasteiger partial charge in [-0.15, -0.1) is 0 Å². The lowest BCUT2D eigenvalue weighted by Gasteiger charge is -2.22. The van der Waals surface area contributed by atoms with Crippen LogP contribution in [-0.4, -0.2) is 15.0 Å². The van der Waals surface area contributed by atoms with E-state index in [2.05, 4.69) is 72.8 Å². The lowest BCUT2D eigenvalue weighted by molar-refractivity contribution is 0.494. The number of nitrogens with zero attached hydrogens (tertiary/aromatic N) is 3. The number of aromatic nitrogens is 3. The minimum absolute atomic E-state index is 0.551. The number of furan rings is 1. The summed E-state index contributed by atoms with van der Waals surface area (Å²) < 4.78 is 13.3. The van der Waals surface area contributed by atoms with E-state index >= 15 is 0 Å². The third kappa shape index (κ3) is 3.53. The molecular formula is C43H23N3O2. The second kappa shape index (κ2) is 9.47. The Hall–Kier alpha value is -6.59. The maximum Gasteiger partial charge on any atom is 0.167 e. The zero-order valence-corrected chi connectivity index (χ0v) is 25.4. The van der Waals surface area contributed by atoms with Gasteiger partial charge in [0.2, 0.25) is 0 Å². The molecule has 0 N–H and O–H groups in total. The lowest BCUT2D eigenvalue weighted by Crippen LogP contribution is -2.03. The molecule has 5 nitrogen and oxygen atoms in total. The van der Waals surface area contributed by atoms with Crippen LogP contribution in [0.5, 0.6) is 11.5 Å². The van der Waals surface area contributed by atoms with Gasteiger partial charge in [0.15, 0.2) is 17.5 Å². The van der Waals surface area contributed by atoms with Crippen molar-refractivity contribution in [2.24, 2.45) is 0 Å². The summed E-state index contributed by atoms with van der Waals surface area (Å²) in [5, 5.41) is 11.1. The molecule has 0 atom stereocenters. The third-order valence-electron chi connectivity index (χ3n) is 9.67. The molecule has 3 heterocycles. The van der Waals surface area contributed by atoms with Gasteiger partial charge in [-0.2, -0.15) is 0 Å². The highest BCUT2D eigenvalue weighted by Crippen LogP contribution is 2.50. The highest BCUT2D eigenvalue weighted by Gasteiger charge is 2.25. The van der Waals surface area contributed by atoms with Crippen molar-refractivity contribution >= 4 is 65.0 Å². The zero-order chi connectivity index (χ0) is 31.3. The van der Waals surface area contributed by atoms with E-state index in [1.165, 1.54) is 10.8 Å². The van der Waals surface area contributed by atoms with Gasteiger partial charge >= 0.3 is 0 Å². The molecule has 2 aromatic heterocycles. The average Bonchev–Trinajstić information content (AvgIpc) is 3.54. The van der Waals surface area contributed by atoms with Crippen LogP contribution in [0.1, 0.15) is 0 Å². The molecule has 0 spiro atoms. The molecule has 1 aliphatic heterocycles. The Balaban J connectivity index is 1.22. The maximum atomic E-state index is 6.80. The summed E-state index contributed by atoms with van der Waals surface area (Å²) in [6.07, 6.45) is 0. The standard InChI is InChI=1S/C43H23N3O2/c1-2-9-28(10-3-1)41-44-42(31-13-7-15-34-38(31)30-22-20-24-8-4-5-12-29(24)39(30)47-34)46-43(45-41)32-23-21-27-19-18-26-17-16-25-11-6-14-33-35(25)36(26)37(27)40(32)48-33/h1-23H. The molecule has 10 aromatic rings. The third-order valence-corrected chi connectivity index (χ3v) is 9.67. The van der Waals surface area contributed by atoms with E-state index in [4.69, 9.17) is 24.1 Å². The van der Waals surface area contributed by atoms with Gasteiger partial charge in [-0.25, -0.2) is 15.0 Å². The summed E-state index contributed by atoms with van der Waals surface area (Å²) in [6, 6.07) is 47.9. The minimum atomic E-state index is 0.551. The molecule has 222 valence electrons. The summed E-state index contributed by atoms with van der Waals surface area (Å²) >= 11 is 0. The predicted octanol–water partition coefficient (Wildman–Crippen LogP) is 11.5. The van der Waals surface area contributed by atoms with Gasteiger partial charge in [-0.1, -0.05) is 115 Å². The van der Waals surface area contributed by atoms with Gasteiger partial charge < -0.3 is 9.15 Å². The maximum absolute atomic E-state index is 6.80. The van der Waals surface area contributed by atoms with Gasteiger partial charge in [-0.3, -0.25) is 0 Å². The Bertz CT molecular complexity index is 2980. The van der Waals surface area contributed by atoms with Crippen LogP contribution in [-0.2, 0) is 0 Å². The van der Waals surface area contributed by atoms with E-state index in [1.54, 1.807) is 0 Å². The molecule has 0 saturated carbocycles. The first-order valence-electron chi connectivity index (χ1n) is 16.0. The summed E-state index contributed by atoms with van der Waals surface area (Å²) in [6.45, 7) is 0. The van der Waals surface area contributed by atoms with Crippen molar-refractivity contribution in [1.82, 2.24) is 15.0 Å². The van der Waals surface area contributed by atoms with Crippen molar-refractivity contribution in [3.05, 3.63) is 140 Å². The van der Waals surface area contributed by atoms with E-state index in [0.717, 1.165) is 82.4 Å². The van der Waals surface area contributed by atoms with E-state index in [-0.39, 0.29) is 0 Å². The molecule has 0 aliphatic carbocycles. The van der Waals surface area contributed by atoms with Gasteiger partial charge in [0.25, 0.3) is 0 Å². The molecule has 0 radical (unpaired) electrons. The summed E-state index contributed by atoms with van der Waals surface area (Å²) in [5.41, 5.74) is 4.26. The zero-order valence-electron chi connectivity index (χ0n) is 25.4. The molecule has 5 heteroatoms. The highest BCUT2D eigenvalue weighted by molar-refractivity contribution is 6.26. The van der Waals surface area contributed by atoms with E-state index in [1.807, 2.05) is 66.7 Å². The predicted molar refractivity (Wildman–Crippen MR) is 194 cm³/mol. The number of hydrogen-bond acceptors (Lipinski definition) is 5. The first-order valence-corrected chi connectivity index (χ1v) is 16.0. The SMILES string of the molecule is c1ccc(-c2nc(-c3ccc4ccc5ccc6cccc7c6c5c4c3O7)nc(-c3cccc4oc5c6ccccc6ccc5c34)n2)cc1. The topological polar surface area (TPSA) is 61.0 Å². The van der Waals surface area contributed by atoms with E-state index < -0.39 is 0 Å². The Labute approximate surface area is 273 Å². The van der Waals surface area contributed by atoms with E-state index in [0.29, 0.717) is 17.5 Å². The molecule has 0 bridgehead atoms. The molecular weight excluding hydrogens is 590 g/mol. The second-order valence-electron chi connectivity index (χ2n) is 12.3. The normalized spacial score (nSPS) is 12.3. The molecule has 0 saturated heterocycles. The lowest BCUT2D eigenvalue weighted by atomic mass is 9.92. The molecule has 0 unspecified atom stereocenters. The second-order valence-corrected chi connectivity index (χ2v) is 12.3. The molecule has 48 heavy (non-hydrogen) atoms. The fourth-order valence-electron chi connectivity index (χ4n) is 7.49. The first kappa shape index (κ1) is 25.6. The van der Waals surface area contributed by atoms with Crippen molar-refractivity contribution in [3.8, 4) is 45.7 Å². The van der Waals surface area contributed by atoms with E-state index in [9.17, 15) is 0 Å². The molecule has 11 rings (SSSR count). The van der Waals surface area contributed by atoms with Crippen molar-refractivity contribution in [2.45, 2.75) is 0 Å². The van der Waals surface area contributed by atoms with Crippen LogP contribution in [0.25, 0.3) is 99.2 Å². The monoisotopic (exact) mass is 613 g/mol. The Kier molecular flexibility index (Phi) is 5.05. The summed E-state index contributed by atoms with van der Waals surface area (Å²) in [4.78, 5) is 15.4. The molecule has 8 aromatic carbocycles. The van der Waals surface area contributed by atoms with Crippen LogP contribution >= 0.6 is 0 Å². The Morgan fingerprint density at radius 3 is 1.94 bits per heavy atom. The van der Waals surface area contributed by atoms with Gasteiger partial charge in [-0.05, 0) is 45.8 Å². The highest BCUT2D eigenvalue weighted by atomic mass is 16.5.